The van der Waals surface area contributed by atoms with Crippen LogP contribution in [-0.2, 0) is 10.0 Å². The van der Waals surface area contributed by atoms with E-state index in [1.165, 1.54) is 16.2 Å². The molecule has 7 nitrogen and oxygen atoms in total. The number of amides is 2. The van der Waals surface area contributed by atoms with E-state index in [1.807, 2.05) is 19.2 Å². The molecule has 9 heteroatoms. The van der Waals surface area contributed by atoms with Crippen LogP contribution in [0.25, 0.3) is 0 Å². The lowest BCUT2D eigenvalue weighted by Crippen LogP contribution is -2.53. The van der Waals surface area contributed by atoms with E-state index in [-0.39, 0.29) is 18.1 Å². The summed E-state index contributed by atoms with van der Waals surface area (Å²) in [6, 6.07) is 8.49. The highest BCUT2D eigenvalue weighted by molar-refractivity contribution is 9.10. The van der Waals surface area contributed by atoms with E-state index >= 15 is 0 Å². The Morgan fingerprint density at radius 3 is 2.36 bits per heavy atom. The van der Waals surface area contributed by atoms with Crippen molar-refractivity contribution >= 4 is 37.7 Å². The molecule has 0 unspecified atom stereocenters. The molecule has 2 fully saturated rings. The van der Waals surface area contributed by atoms with E-state index < -0.39 is 10.0 Å². The molecule has 1 aromatic rings. The molecule has 156 valence electrons. The molecule has 2 heterocycles. The van der Waals surface area contributed by atoms with Crippen LogP contribution in [0.15, 0.2) is 28.7 Å². The zero-order valence-corrected chi connectivity index (χ0v) is 18.9. The Hall–Kier alpha value is -1.32. The maximum absolute atomic E-state index is 12.6. The Morgan fingerprint density at radius 2 is 1.79 bits per heavy atom. The van der Waals surface area contributed by atoms with Gasteiger partial charge in [0.15, 0.2) is 0 Å². The molecule has 0 aromatic heterocycles. The molecule has 2 saturated heterocycles. The second-order valence-corrected chi connectivity index (χ2v) is 10.6. The first-order valence-electron chi connectivity index (χ1n) is 9.73. The zero-order chi connectivity index (χ0) is 20.3. The van der Waals surface area contributed by atoms with Gasteiger partial charge >= 0.3 is 6.03 Å². The summed E-state index contributed by atoms with van der Waals surface area (Å²) >= 11 is 3.52. The SMILES string of the molecule is CN(C(=O)NC1CCN(c2cccc(Br)c2)CC1)C1CCN(S(C)(=O)=O)CC1. The van der Waals surface area contributed by atoms with Gasteiger partial charge in [0.1, 0.15) is 0 Å². The van der Waals surface area contributed by atoms with E-state index in [0.29, 0.717) is 25.9 Å². The summed E-state index contributed by atoms with van der Waals surface area (Å²) < 4.78 is 25.8. The minimum atomic E-state index is -3.14. The maximum Gasteiger partial charge on any atom is 0.317 e. The van der Waals surface area contributed by atoms with Crippen LogP contribution in [0.4, 0.5) is 10.5 Å². The van der Waals surface area contributed by atoms with Gasteiger partial charge < -0.3 is 15.1 Å². The van der Waals surface area contributed by atoms with E-state index in [4.69, 9.17) is 0 Å². The number of hydrogen-bond donors (Lipinski definition) is 1. The van der Waals surface area contributed by atoms with Crippen LogP contribution >= 0.6 is 15.9 Å². The third-order valence-corrected chi connectivity index (χ3v) is 7.55. The van der Waals surface area contributed by atoms with Crippen molar-refractivity contribution in [2.24, 2.45) is 0 Å². The second kappa shape index (κ2) is 9.00. The van der Waals surface area contributed by atoms with Gasteiger partial charge in [0.05, 0.1) is 6.26 Å². The number of sulfonamides is 1. The first kappa shape index (κ1) is 21.4. The first-order valence-corrected chi connectivity index (χ1v) is 12.4. The summed E-state index contributed by atoms with van der Waals surface area (Å²) in [5.74, 6) is 0. The predicted molar refractivity (Wildman–Crippen MR) is 115 cm³/mol. The number of urea groups is 1. The molecule has 1 N–H and O–H groups in total. The van der Waals surface area contributed by atoms with Crippen LogP contribution in [0.1, 0.15) is 25.7 Å². The number of rotatable bonds is 4. The number of anilines is 1. The fourth-order valence-corrected chi connectivity index (χ4v) is 5.22. The lowest BCUT2D eigenvalue weighted by atomic mass is 10.0. The van der Waals surface area contributed by atoms with E-state index in [0.717, 1.165) is 30.4 Å². The number of carbonyl (C=O) groups is 1. The third kappa shape index (κ3) is 5.39. The highest BCUT2D eigenvalue weighted by atomic mass is 79.9. The highest BCUT2D eigenvalue weighted by Crippen LogP contribution is 2.24. The first-order chi connectivity index (χ1) is 13.2. The van der Waals surface area contributed by atoms with Crippen molar-refractivity contribution in [2.75, 3.05) is 44.4 Å². The molecule has 2 aliphatic heterocycles. The number of hydrogen-bond acceptors (Lipinski definition) is 4. The minimum Gasteiger partial charge on any atom is -0.371 e. The number of piperidine rings is 2. The summed E-state index contributed by atoms with van der Waals surface area (Å²) in [5, 5.41) is 3.16. The van der Waals surface area contributed by atoms with Gasteiger partial charge in [-0.25, -0.2) is 17.5 Å². The molecule has 0 spiro atoms. The number of nitrogens with zero attached hydrogens (tertiary/aromatic N) is 3. The molecule has 0 aliphatic carbocycles. The van der Waals surface area contributed by atoms with Gasteiger partial charge in [-0.05, 0) is 43.9 Å². The fourth-order valence-electron chi connectivity index (χ4n) is 3.96. The van der Waals surface area contributed by atoms with E-state index in [2.05, 4.69) is 38.3 Å². The largest absolute Gasteiger partial charge is 0.371 e. The number of benzene rings is 1. The quantitative estimate of drug-likeness (QED) is 0.730. The lowest BCUT2D eigenvalue weighted by Gasteiger charge is -2.38. The lowest BCUT2D eigenvalue weighted by molar-refractivity contribution is 0.159. The molecule has 0 radical (unpaired) electrons. The molecule has 28 heavy (non-hydrogen) atoms. The Kier molecular flexibility index (Phi) is 6.88. The molecule has 2 amide bonds. The van der Waals surface area contributed by atoms with Gasteiger partial charge in [-0.15, -0.1) is 0 Å². The Bertz CT molecular complexity index is 788. The summed E-state index contributed by atoms with van der Waals surface area (Å²) in [4.78, 5) is 16.7. The number of halogens is 1. The van der Waals surface area contributed by atoms with Crippen molar-refractivity contribution in [1.82, 2.24) is 14.5 Å². The molecule has 0 bridgehead atoms. The molecule has 0 atom stereocenters. The smallest absolute Gasteiger partial charge is 0.317 e. The Balaban J connectivity index is 1.45. The standard InChI is InChI=1S/C19H29BrN4O3S/c1-22(17-8-12-24(13-9-17)28(2,26)27)19(25)21-16-6-10-23(11-7-16)18-5-3-4-15(20)14-18/h3-5,14,16-17H,6-13H2,1-2H3,(H,21,25). The normalized spacial score (nSPS) is 20.2. The van der Waals surface area contributed by atoms with Gasteiger partial charge in [-0.1, -0.05) is 22.0 Å². The topological polar surface area (TPSA) is 73.0 Å². The van der Waals surface area contributed by atoms with Crippen LogP contribution in [0, 0.1) is 0 Å². The summed E-state index contributed by atoms with van der Waals surface area (Å²) in [5.41, 5.74) is 1.20. The van der Waals surface area contributed by atoms with Crippen LogP contribution in [0.5, 0.6) is 0 Å². The maximum atomic E-state index is 12.6. The zero-order valence-electron chi connectivity index (χ0n) is 16.5. The van der Waals surface area contributed by atoms with Crippen molar-refractivity contribution in [2.45, 2.75) is 37.8 Å². The van der Waals surface area contributed by atoms with Crippen molar-refractivity contribution in [3.05, 3.63) is 28.7 Å². The molecule has 2 aliphatic rings. The third-order valence-electron chi connectivity index (χ3n) is 5.76. The summed E-state index contributed by atoms with van der Waals surface area (Å²) in [6.45, 7) is 2.79. The van der Waals surface area contributed by atoms with Crippen LogP contribution in [0.2, 0.25) is 0 Å². The van der Waals surface area contributed by atoms with Crippen molar-refractivity contribution in [3.8, 4) is 0 Å². The van der Waals surface area contributed by atoms with E-state index in [9.17, 15) is 13.2 Å². The van der Waals surface area contributed by atoms with Gasteiger partial charge in [0.25, 0.3) is 0 Å². The Morgan fingerprint density at radius 1 is 1.14 bits per heavy atom. The average Bonchev–Trinajstić information content (AvgIpc) is 2.67. The number of nitrogens with one attached hydrogen (secondary N) is 1. The fraction of sp³-hybridized carbons (Fsp3) is 0.632. The van der Waals surface area contributed by atoms with Gasteiger partial charge in [-0.3, -0.25) is 0 Å². The van der Waals surface area contributed by atoms with Crippen molar-refractivity contribution < 1.29 is 13.2 Å². The monoisotopic (exact) mass is 472 g/mol. The van der Waals surface area contributed by atoms with Crippen LogP contribution in [0.3, 0.4) is 0 Å². The van der Waals surface area contributed by atoms with Gasteiger partial charge in [-0.2, -0.15) is 0 Å². The minimum absolute atomic E-state index is 0.0567. The summed E-state index contributed by atoms with van der Waals surface area (Å²) in [7, 11) is -1.33. The molecule has 0 saturated carbocycles. The van der Waals surface area contributed by atoms with Crippen molar-refractivity contribution in [1.29, 1.82) is 0 Å². The second-order valence-electron chi connectivity index (χ2n) is 7.69. The molecule has 3 rings (SSSR count). The van der Waals surface area contributed by atoms with Crippen LogP contribution < -0.4 is 10.2 Å². The highest BCUT2D eigenvalue weighted by Gasteiger charge is 2.30. The van der Waals surface area contributed by atoms with Gasteiger partial charge in [0, 0.05) is 55.5 Å². The molecular formula is C19H29BrN4O3S. The predicted octanol–water partition coefficient (Wildman–Crippen LogP) is 2.48. The van der Waals surface area contributed by atoms with E-state index in [1.54, 1.807) is 4.90 Å². The number of carbonyl (C=O) groups excluding carboxylic acids is 1. The van der Waals surface area contributed by atoms with Crippen LogP contribution in [-0.4, -0.2) is 75.2 Å². The van der Waals surface area contributed by atoms with Crippen molar-refractivity contribution in [3.63, 3.8) is 0 Å². The average molecular weight is 473 g/mol. The Labute approximate surface area is 176 Å². The molecule has 1 aromatic carbocycles. The van der Waals surface area contributed by atoms with Gasteiger partial charge in [0.2, 0.25) is 10.0 Å². The summed E-state index contributed by atoms with van der Waals surface area (Å²) in [6.07, 6.45) is 4.43. The molecular weight excluding hydrogens is 444 g/mol.